The standard InChI is InChI=1S/C23H20FNO6/c1-13-19(25-21(30-13)14-3-6-16(24)7-4-14)9-10-29-17-8-5-15-11-18(22(26)28-2)23(27)31-20(15)12-17/h3-8,12,18H,9-11H2,1-2H3. The van der Waals surface area contributed by atoms with Gasteiger partial charge in [0.05, 0.1) is 19.4 Å². The zero-order chi connectivity index (χ0) is 22.0. The molecule has 1 aliphatic heterocycles. The van der Waals surface area contributed by atoms with Crippen molar-refractivity contribution < 1.29 is 32.6 Å². The number of nitrogens with zero attached hydrogens (tertiary/aromatic N) is 1. The van der Waals surface area contributed by atoms with Crippen LogP contribution in [0.2, 0.25) is 0 Å². The van der Waals surface area contributed by atoms with Gasteiger partial charge >= 0.3 is 11.9 Å². The number of aromatic nitrogens is 1. The molecule has 0 saturated heterocycles. The lowest BCUT2D eigenvalue weighted by molar-refractivity contribution is -0.156. The van der Waals surface area contributed by atoms with E-state index in [9.17, 15) is 14.0 Å². The molecule has 31 heavy (non-hydrogen) atoms. The highest BCUT2D eigenvalue weighted by Gasteiger charge is 2.35. The average Bonchev–Trinajstić information content (AvgIpc) is 3.13. The molecule has 1 unspecified atom stereocenters. The average molecular weight is 425 g/mol. The van der Waals surface area contributed by atoms with Crippen molar-refractivity contribution in [2.45, 2.75) is 19.8 Å². The Balaban J connectivity index is 1.39. The Labute approximate surface area is 177 Å². The molecule has 4 rings (SSSR count). The SMILES string of the molecule is COC(=O)C1Cc2ccc(OCCc3nc(-c4ccc(F)cc4)oc3C)cc2OC1=O. The normalized spacial score (nSPS) is 15.2. The van der Waals surface area contributed by atoms with E-state index < -0.39 is 17.9 Å². The van der Waals surface area contributed by atoms with Crippen LogP contribution in [-0.2, 0) is 27.2 Å². The van der Waals surface area contributed by atoms with Gasteiger partial charge in [-0.3, -0.25) is 9.59 Å². The van der Waals surface area contributed by atoms with Gasteiger partial charge in [-0.2, -0.15) is 0 Å². The van der Waals surface area contributed by atoms with Crippen molar-refractivity contribution >= 4 is 11.9 Å². The Kier molecular flexibility index (Phi) is 5.70. The van der Waals surface area contributed by atoms with Gasteiger partial charge < -0.3 is 18.6 Å². The van der Waals surface area contributed by atoms with E-state index in [0.29, 0.717) is 41.7 Å². The van der Waals surface area contributed by atoms with Gasteiger partial charge in [0.2, 0.25) is 5.89 Å². The Hall–Kier alpha value is -3.68. The number of aryl methyl sites for hydroxylation is 1. The molecule has 2 aromatic carbocycles. The van der Waals surface area contributed by atoms with Gasteiger partial charge in [0, 0.05) is 24.5 Å². The van der Waals surface area contributed by atoms with Gasteiger partial charge in [-0.05, 0) is 42.8 Å². The number of esters is 2. The van der Waals surface area contributed by atoms with Gasteiger partial charge in [0.1, 0.15) is 23.1 Å². The first-order chi connectivity index (χ1) is 14.9. The second kappa shape index (κ2) is 8.59. The fourth-order valence-corrected chi connectivity index (χ4v) is 3.33. The lowest BCUT2D eigenvalue weighted by atomic mass is 9.96. The molecule has 1 atom stereocenters. The highest BCUT2D eigenvalue weighted by atomic mass is 19.1. The first kappa shape index (κ1) is 20.6. The summed E-state index contributed by atoms with van der Waals surface area (Å²) in [6.07, 6.45) is 0.725. The van der Waals surface area contributed by atoms with Gasteiger partial charge in [-0.15, -0.1) is 0 Å². The molecule has 1 aromatic heterocycles. The van der Waals surface area contributed by atoms with Crippen LogP contribution in [0.25, 0.3) is 11.5 Å². The molecular formula is C23H20FNO6. The van der Waals surface area contributed by atoms with E-state index in [4.69, 9.17) is 13.9 Å². The maximum atomic E-state index is 13.1. The molecule has 0 N–H and O–H groups in total. The molecule has 0 bridgehead atoms. The minimum Gasteiger partial charge on any atom is -0.493 e. The molecule has 7 nitrogen and oxygen atoms in total. The number of ether oxygens (including phenoxy) is 3. The highest BCUT2D eigenvalue weighted by Crippen LogP contribution is 2.32. The van der Waals surface area contributed by atoms with Crippen LogP contribution in [0, 0.1) is 18.7 Å². The third-order valence-corrected chi connectivity index (χ3v) is 5.03. The van der Waals surface area contributed by atoms with E-state index in [1.54, 1.807) is 30.3 Å². The third-order valence-electron chi connectivity index (χ3n) is 5.03. The van der Waals surface area contributed by atoms with Crippen molar-refractivity contribution in [3.8, 4) is 23.0 Å². The molecule has 2 heterocycles. The third kappa shape index (κ3) is 4.42. The first-order valence-corrected chi connectivity index (χ1v) is 9.72. The van der Waals surface area contributed by atoms with E-state index in [1.807, 2.05) is 6.92 Å². The Morgan fingerprint density at radius 3 is 2.74 bits per heavy atom. The van der Waals surface area contributed by atoms with Crippen molar-refractivity contribution in [1.82, 2.24) is 4.98 Å². The summed E-state index contributed by atoms with van der Waals surface area (Å²) in [7, 11) is 1.24. The van der Waals surface area contributed by atoms with Crippen LogP contribution in [0.5, 0.6) is 11.5 Å². The van der Waals surface area contributed by atoms with Crippen molar-refractivity contribution in [3.63, 3.8) is 0 Å². The van der Waals surface area contributed by atoms with E-state index >= 15 is 0 Å². The van der Waals surface area contributed by atoms with E-state index in [0.717, 1.165) is 11.3 Å². The number of fused-ring (bicyclic) bond motifs is 1. The second-order valence-electron chi connectivity index (χ2n) is 7.10. The quantitative estimate of drug-likeness (QED) is 0.338. The second-order valence-corrected chi connectivity index (χ2v) is 7.10. The molecule has 0 saturated carbocycles. The number of benzene rings is 2. The monoisotopic (exact) mass is 425 g/mol. The van der Waals surface area contributed by atoms with Crippen molar-refractivity contribution in [3.05, 3.63) is 65.3 Å². The summed E-state index contributed by atoms with van der Waals surface area (Å²) in [5, 5.41) is 0. The van der Waals surface area contributed by atoms with Gasteiger partial charge in [0.25, 0.3) is 0 Å². The lowest BCUT2D eigenvalue weighted by Crippen LogP contribution is -2.34. The van der Waals surface area contributed by atoms with Crippen LogP contribution >= 0.6 is 0 Å². The Morgan fingerprint density at radius 1 is 1.23 bits per heavy atom. The van der Waals surface area contributed by atoms with Crippen LogP contribution < -0.4 is 9.47 Å². The smallest absolute Gasteiger partial charge is 0.326 e. The van der Waals surface area contributed by atoms with Gasteiger partial charge in [-0.1, -0.05) is 6.07 Å². The fraction of sp³-hybridized carbons (Fsp3) is 0.261. The fourth-order valence-electron chi connectivity index (χ4n) is 3.33. The topological polar surface area (TPSA) is 87.9 Å². The molecule has 1 aliphatic rings. The van der Waals surface area contributed by atoms with E-state index in [2.05, 4.69) is 9.72 Å². The number of methoxy groups -OCH3 is 1. The molecule has 0 spiro atoms. The molecule has 0 amide bonds. The molecule has 0 fully saturated rings. The molecule has 3 aromatic rings. The summed E-state index contributed by atoms with van der Waals surface area (Å²) in [6.45, 7) is 2.14. The zero-order valence-corrected chi connectivity index (χ0v) is 17.0. The van der Waals surface area contributed by atoms with Crippen molar-refractivity contribution in [2.24, 2.45) is 5.92 Å². The molecule has 8 heteroatoms. The summed E-state index contributed by atoms with van der Waals surface area (Å²) in [5.41, 5.74) is 2.17. The zero-order valence-electron chi connectivity index (χ0n) is 17.0. The Bertz CT molecular complexity index is 1120. The lowest BCUT2D eigenvalue weighted by Gasteiger charge is -2.22. The van der Waals surface area contributed by atoms with Crippen LogP contribution in [0.3, 0.4) is 0 Å². The van der Waals surface area contributed by atoms with E-state index in [-0.39, 0.29) is 12.2 Å². The predicted molar refractivity (Wildman–Crippen MR) is 107 cm³/mol. The molecule has 0 aliphatic carbocycles. The van der Waals surface area contributed by atoms with Gasteiger partial charge in [-0.25, -0.2) is 9.37 Å². The first-order valence-electron chi connectivity index (χ1n) is 9.72. The number of rotatable bonds is 6. The molecule has 160 valence electrons. The number of halogens is 1. The minimum atomic E-state index is -0.949. The highest BCUT2D eigenvalue weighted by molar-refractivity contribution is 5.97. The van der Waals surface area contributed by atoms with Crippen LogP contribution in [0.4, 0.5) is 4.39 Å². The summed E-state index contributed by atoms with van der Waals surface area (Å²) < 4.78 is 34.5. The minimum absolute atomic E-state index is 0.228. The summed E-state index contributed by atoms with van der Waals surface area (Å²) in [6, 6.07) is 11.1. The van der Waals surface area contributed by atoms with Crippen molar-refractivity contribution in [2.75, 3.05) is 13.7 Å². The molecular weight excluding hydrogens is 405 g/mol. The van der Waals surface area contributed by atoms with Crippen LogP contribution in [-0.4, -0.2) is 30.6 Å². The van der Waals surface area contributed by atoms with Gasteiger partial charge in [0.15, 0.2) is 5.92 Å². The summed E-state index contributed by atoms with van der Waals surface area (Å²) >= 11 is 0. The molecule has 0 radical (unpaired) electrons. The van der Waals surface area contributed by atoms with Crippen molar-refractivity contribution in [1.29, 1.82) is 0 Å². The van der Waals surface area contributed by atoms with Crippen LogP contribution in [0.1, 0.15) is 17.0 Å². The number of carbonyl (C=O) groups is 2. The number of carbonyl (C=O) groups excluding carboxylic acids is 2. The summed E-state index contributed by atoms with van der Waals surface area (Å²) in [4.78, 5) is 28.2. The van der Waals surface area contributed by atoms with E-state index in [1.165, 1.54) is 19.2 Å². The predicted octanol–water partition coefficient (Wildman–Crippen LogP) is 3.66. The summed E-state index contributed by atoms with van der Waals surface area (Å²) in [5.74, 6) is -0.528. The maximum Gasteiger partial charge on any atom is 0.326 e. The largest absolute Gasteiger partial charge is 0.493 e. The Morgan fingerprint density at radius 2 is 2.00 bits per heavy atom. The van der Waals surface area contributed by atoms with Crippen LogP contribution in [0.15, 0.2) is 46.9 Å². The number of oxazole rings is 1. The maximum absolute atomic E-state index is 13.1. The number of hydrogen-bond donors (Lipinski definition) is 0. The number of hydrogen-bond acceptors (Lipinski definition) is 7.